The van der Waals surface area contributed by atoms with Crippen molar-refractivity contribution < 1.29 is 19.2 Å². The topological polar surface area (TPSA) is 127 Å². The molecule has 0 aliphatic carbocycles. The molecule has 1 rings (SSSR count). The molecule has 9 nitrogen and oxygen atoms in total. The molecule has 1 amide bonds. The van der Waals surface area contributed by atoms with Gasteiger partial charge in [-0.25, -0.2) is 4.79 Å². The number of aromatic amines is 1. The maximum absolute atomic E-state index is 11.2. The molecule has 9 heteroatoms. The third-order valence-corrected chi connectivity index (χ3v) is 1.75. The monoisotopic (exact) mass is 228 g/mol. The van der Waals surface area contributed by atoms with Crippen molar-refractivity contribution in [3.05, 3.63) is 21.5 Å². The van der Waals surface area contributed by atoms with Crippen LogP contribution >= 0.6 is 0 Å². The Morgan fingerprint density at radius 1 is 1.56 bits per heavy atom. The number of hydrogen-bond donors (Lipinski definition) is 2. The van der Waals surface area contributed by atoms with Crippen LogP contribution in [-0.2, 0) is 4.74 Å². The molecule has 0 fully saturated rings. The van der Waals surface area contributed by atoms with Gasteiger partial charge in [0, 0.05) is 7.05 Å². The van der Waals surface area contributed by atoms with E-state index in [1.54, 1.807) is 0 Å². The van der Waals surface area contributed by atoms with Gasteiger partial charge in [-0.3, -0.25) is 20.0 Å². The number of carbonyl (C=O) groups is 2. The molecule has 0 aromatic carbocycles. The average Bonchev–Trinajstić information content (AvgIpc) is 2.71. The summed E-state index contributed by atoms with van der Waals surface area (Å²) in [5.74, 6) is -1.73. The zero-order chi connectivity index (χ0) is 12.3. The Labute approximate surface area is 88.9 Å². The van der Waals surface area contributed by atoms with E-state index in [2.05, 4.69) is 20.3 Å². The van der Waals surface area contributed by atoms with E-state index < -0.39 is 33.9 Å². The highest BCUT2D eigenvalue weighted by Gasteiger charge is 2.32. The first kappa shape index (κ1) is 11.6. The minimum absolute atomic E-state index is 0.465. The van der Waals surface area contributed by atoms with Gasteiger partial charge in [-0.2, -0.15) is 5.10 Å². The van der Waals surface area contributed by atoms with Crippen molar-refractivity contribution in [1.82, 2.24) is 15.5 Å². The van der Waals surface area contributed by atoms with Gasteiger partial charge in [-0.15, -0.1) is 0 Å². The predicted molar refractivity (Wildman–Crippen MR) is 50.0 cm³/mol. The molecule has 0 aliphatic rings. The van der Waals surface area contributed by atoms with Crippen molar-refractivity contribution >= 4 is 17.6 Å². The molecule has 1 aromatic heterocycles. The molecule has 1 heterocycles. The van der Waals surface area contributed by atoms with Crippen molar-refractivity contribution in [3.8, 4) is 0 Å². The summed E-state index contributed by atoms with van der Waals surface area (Å²) in [4.78, 5) is 32.2. The van der Waals surface area contributed by atoms with Gasteiger partial charge in [0.2, 0.25) is 11.4 Å². The van der Waals surface area contributed by atoms with Gasteiger partial charge in [-0.05, 0) is 0 Å². The van der Waals surface area contributed by atoms with E-state index in [0.29, 0.717) is 0 Å². The number of nitrogens with one attached hydrogen (secondary N) is 2. The van der Waals surface area contributed by atoms with Crippen LogP contribution in [0.15, 0.2) is 0 Å². The van der Waals surface area contributed by atoms with E-state index in [9.17, 15) is 19.7 Å². The van der Waals surface area contributed by atoms with Gasteiger partial charge in [0.25, 0.3) is 5.91 Å². The Hall–Kier alpha value is -2.45. The van der Waals surface area contributed by atoms with Crippen LogP contribution in [0.1, 0.15) is 21.0 Å². The number of aromatic nitrogens is 2. The van der Waals surface area contributed by atoms with Gasteiger partial charge >= 0.3 is 11.7 Å². The first-order valence-corrected chi connectivity index (χ1v) is 4.06. The van der Waals surface area contributed by atoms with E-state index in [1.807, 2.05) is 0 Å². The molecule has 0 unspecified atom stereocenters. The summed E-state index contributed by atoms with van der Waals surface area (Å²) in [5.41, 5.74) is -1.63. The van der Waals surface area contributed by atoms with Crippen LogP contribution in [0.2, 0.25) is 0 Å². The van der Waals surface area contributed by atoms with Crippen LogP contribution in [-0.4, -0.2) is 41.2 Å². The summed E-state index contributed by atoms with van der Waals surface area (Å²) in [6, 6.07) is 0. The van der Waals surface area contributed by atoms with Gasteiger partial charge in [-0.1, -0.05) is 0 Å². The number of nitro groups is 1. The van der Waals surface area contributed by atoms with Crippen molar-refractivity contribution in [1.29, 1.82) is 0 Å². The van der Waals surface area contributed by atoms with Crippen LogP contribution in [0.25, 0.3) is 0 Å². The van der Waals surface area contributed by atoms with E-state index in [1.165, 1.54) is 7.05 Å². The summed E-state index contributed by atoms with van der Waals surface area (Å²) in [6.07, 6.45) is 0. The fourth-order valence-electron chi connectivity index (χ4n) is 1.03. The number of rotatable bonds is 3. The number of methoxy groups -OCH3 is 1. The Balaban J connectivity index is 3.33. The highest BCUT2D eigenvalue weighted by Crippen LogP contribution is 2.21. The van der Waals surface area contributed by atoms with Gasteiger partial charge < -0.3 is 10.1 Å². The fraction of sp³-hybridized carbons (Fsp3) is 0.286. The third kappa shape index (κ3) is 1.82. The summed E-state index contributed by atoms with van der Waals surface area (Å²) >= 11 is 0. The number of nitrogens with zero attached hydrogens (tertiary/aromatic N) is 2. The van der Waals surface area contributed by atoms with E-state index >= 15 is 0 Å². The Morgan fingerprint density at radius 3 is 2.62 bits per heavy atom. The largest absolute Gasteiger partial charge is 0.464 e. The molecule has 0 aliphatic heterocycles. The molecule has 2 N–H and O–H groups in total. The second kappa shape index (κ2) is 4.38. The normalized spacial score (nSPS) is 9.62. The minimum atomic E-state index is -0.964. The van der Waals surface area contributed by atoms with Crippen molar-refractivity contribution in [2.24, 2.45) is 0 Å². The van der Waals surface area contributed by atoms with Crippen molar-refractivity contribution in [2.75, 3.05) is 14.2 Å². The Bertz CT molecular complexity index is 418. The molecule has 0 bridgehead atoms. The van der Waals surface area contributed by atoms with Crippen molar-refractivity contribution in [3.63, 3.8) is 0 Å². The SMILES string of the molecule is CNC(=O)c1n[nH]c(C(=O)OC)c1[N+](=O)[O-]. The van der Waals surface area contributed by atoms with E-state index in [4.69, 9.17) is 0 Å². The van der Waals surface area contributed by atoms with E-state index in [0.717, 1.165) is 7.11 Å². The second-order valence-electron chi connectivity index (χ2n) is 2.62. The summed E-state index contributed by atoms with van der Waals surface area (Å²) in [6.45, 7) is 0. The van der Waals surface area contributed by atoms with Crippen LogP contribution in [0.5, 0.6) is 0 Å². The zero-order valence-corrected chi connectivity index (χ0v) is 8.44. The number of ether oxygens (including phenoxy) is 1. The lowest BCUT2D eigenvalue weighted by atomic mass is 10.3. The molecule has 86 valence electrons. The predicted octanol–water partition coefficient (Wildman–Crippen LogP) is -0.536. The van der Waals surface area contributed by atoms with Crippen LogP contribution < -0.4 is 5.32 Å². The number of amides is 1. The Kier molecular flexibility index (Phi) is 3.18. The average molecular weight is 228 g/mol. The highest BCUT2D eigenvalue weighted by atomic mass is 16.6. The molecule has 0 atom stereocenters. The van der Waals surface area contributed by atoms with Crippen molar-refractivity contribution in [2.45, 2.75) is 0 Å². The maximum atomic E-state index is 11.2. The summed E-state index contributed by atoms with van der Waals surface area (Å²) < 4.78 is 4.31. The number of esters is 1. The number of H-pyrrole nitrogens is 1. The second-order valence-corrected chi connectivity index (χ2v) is 2.62. The molecule has 0 saturated carbocycles. The molecular formula is C7H8N4O5. The van der Waals surface area contributed by atoms with Crippen LogP contribution in [0.4, 0.5) is 5.69 Å². The van der Waals surface area contributed by atoms with Crippen LogP contribution in [0.3, 0.4) is 0 Å². The quantitative estimate of drug-likeness (QED) is 0.406. The number of carbonyl (C=O) groups excluding carboxylic acids is 2. The van der Waals surface area contributed by atoms with Crippen LogP contribution in [0, 0.1) is 10.1 Å². The zero-order valence-electron chi connectivity index (χ0n) is 8.44. The first-order valence-electron chi connectivity index (χ1n) is 4.06. The minimum Gasteiger partial charge on any atom is -0.464 e. The fourth-order valence-corrected chi connectivity index (χ4v) is 1.03. The lowest BCUT2D eigenvalue weighted by molar-refractivity contribution is -0.385. The standard InChI is InChI=1S/C7H8N4O5/c1-8-6(12)3-5(11(14)15)4(10-9-3)7(13)16-2/h1-2H3,(H,8,12)(H,9,10). The molecular weight excluding hydrogens is 220 g/mol. The summed E-state index contributed by atoms with van der Waals surface area (Å²) in [5, 5.41) is 18.4. The lowest BCUT2D eigenvalue weighted by Gasteiger charge is -1.95. The van der Waals surface area contributed by atoms with Gasteiger partial charge in [0.05, 0.1) is 12.0 Å². The molecule has 0 saturated heterocycles. The summed E-state index contributed by atoms with van der Waals surface area (Å²) in [7, 11) is 2.35. The maximum Gasteiger partial charge on any atom is 0.363 e. The van der Waals surface area contributed by atoms with Gasteiger partial charge in [0.1, 0.15) is 0 Å². The third-order valence-electron chi connectivity index (χ3n) is 1.75. The highest BCUT2D eigenvalue weighted by molar-refractivity contribution is 6.01. The first-order chi connectivity index (χ1) is 7.52. The Morgan fingerprint density at radius 2 is 2.19 bits per heavy atom. The molecule has 0 radical (unpaired) electrons. The van der Waals surface area contributed by atoms with Gasteiger partial charge in [0.15, 0.2) is 0 Å². The smallest absolute Gasteiger partial charge is 0.363 e. The van der Waals surface area contributed by atoms with E-state index in [-0.39, 0.29) is 0 Å². The number of hydrogen-bond acceptors (Lipinski definition) is 6. The molecule has 0 spiro atoms. The lowest BCUT2D eigenvalue weighted by Crippen LogP contribution is -2.19. The molecule has 16 heavy (non-hydrogen) atoms. The molecule has 1 aromatic rings.